The molecule has 134 valence electrons. The molecule has 2 aliphatic heterocycles. The Hall–Kier alpha value is -2.05. The zero-order valence-electron chi connectivity index (χ0n) is 14.1. The quantitative estimate of drug-likeness (QED) is 0.786. The summed E-state index contributed by atoms with van der Waals surface area (Å²) in [5.74, 6) is 0.205. The molecular weight excluding hydrogens is 331 g/mol. The Morgan fingerprint density at radius 1 is 1.24 bits per heavy atom. The average Bonchev–Trinajstić information content (AvgIpc) is 2.86. The fraction of sp³-hybridized carbons (Fsp3) is 0.556. The van der Waals surface area contributed by atoms with Crippen LogP contribution in [0.3, 0.4) is 0 Å². The van der Waals surface area contributed by atoms with E-state index in [0.717, 1.165) is 43.3 Å². The molecule has 2 aliphatic rings. The summed E-state index contributed by atoms with van der Waals surface area (Å²) in [5, 5.41) is 0.565. The van der Waals surface area contributed by atoms with Gasteiger partial charge in [-0.25, -0.2) is 4.98 Å². The van der Waals surface area contributed by atoms with Gasteiger partial charge in [-0.05, 0) is 37.8 Å². The third-order valence-corrected chi connectivity index (χ3v) is 5.53. The molecule has 1 atom stereocenters. The van der Waals surface area contributed by atoms with Crippen LogP contribution in [0.1, 0.15) is 42.5 Å². The minimum atomic E-state index is -4.39. The number of hydrogen-bond donors (Lipinski definition) is 0. The van der Waals surface area contributed by atoms with Crippen LogP contribution in [0, 0.1) is 6.92 Å². The van der Waals surface area contributed by atoms with Crippen molar-refractivity contribution in [2.24, 2.45) is 0 Å². The number of nitrogens with zero attached hydrogens (tertiary/aromatic N) is 3. The number of hydrogen-bond acceptors (Lipinski definition) is 2. The Bertz CT molecular complexity index is 840. The van der Waals surface area contributed by atoms with Gasteiger partial charge in [-0.2, -0.15) is 13.2 Å². The molecule has 0 bridgehead atoms. The lowest BCUT2D eigenvalue weighted by molar-refractivity contribution is -0.138. The summed E-state index contributed by atoms with van der Waals surface area (Å²) in [6.45, 7) is 3.34. The number of rotatable bonds is 1. The van der Waals surface area contributed by atoms with Gasteiger partial charge in [0.15, 0.2) is 0 Å². The number of carbonyl (C=O) groups is 1. The number of pyridine rings is 1. The highest BCUT2D eigenvalue weighted by molar-refractivity contribution is 5.83. The van der Waals surface area contributed by atoms with E-state index < -0.39 is 11.7 Å². The van der Waals surface area contributed by atoms with Crippen LogP contribution < -0.4 is 0 Å². The Morgan fingerprint density at radius 3 is 2.76 bits per heavy atom. The molecule has 0 aromatic carbocycles. The summed E-state index contributed by atoms with van der Waals surface area (Å²) in [6, 6.07) is 1.34. The van der Waals surface area contributed by atoms with E-state index >= 15 is 0 Å². The fourth-order valence-corrected chi connectivity index (χ4v) is 4.18. The van der Waals surface area contributed by atoms with Crippen molar-refractivity contribution in [2.45, 2.75) is 57.8 Å². The molecule has 1 unspecified atom stereocenters. The Balaban J connectivity index is 1.71. The summed E-state index contributed by atoms with van der Waals surface area (Å²) in [4.78, 5) is 18.3. The van der Waals surface area contributed by atoms with E-state index in [1.54, 1.807) is 0 Å². The molecule has 1 saturated heterocycles. The van der Waals surface area contributed by atoms with Crippen LogP contribution in [0.25, 0.3) is 11.0 Å². The van der Waals surface area contributed by atoms with Gasteiger partial charge in [0.25, 0.3) is 0 Å². The van der Waals surface area contributed by atoms with Gasteiger partial charge in [-0.1, -0.05) is 0 Å². The van der Waals surface area contributed by atoms with Crippen LogP contribution in [0.15, 0.2) is 12.3 Å². The zero-order valence-corrected chi connectivity index (χ0v) is 14.1. The number of amides is 1. The first-order valence-corrected chi connectivity index (χ1v) is 8.70. The molecule has 25 heavy (non-hydrogen) atoms. The van der Waals surface area contributed by atoms with Crippen molar-refractivity contribution in [2.75, 3.05) is 6.54 Å². The number of likely N-dealkylation sites (tertiary alicyclic amines) is 1. The van der Waals surface area contributed by atoms with Gasteiger partial charge >= 0.3 is 6.18 Å². The van der Waals surface area contributed by atoms with Gasteiger partial charge in [0, 0.05) is 49.2 Å². The second-order valence-electron chi connectivity index (χ2n) is 7.01. The second-order valence-corrected chi connectivity index (χ2v) is 7.01. The van der Waals surface area contributed by atoms with Crippen LogP contribution in [0.4, 0.5) is 13.2 Å². The first-order chi connectivity index (χ1) is 11.9. The van der Waals surface area contributed by atoms with Gasteiger partial charge in [-0.15, -0.1) is 0 Å². The molecule has 2 aromatic rings. The largest absolute Gasteiger partial charge is 0.417 e. The van der Waals surface area contributed by atoms with Crippen LogP contribution in [-0.4, -0.2) is 32.9 Å². The van der Waals surface area contributed by atoms with E-state index in [1.165, 1.54) is 6.07 Å². The Kier molecular flexibility index (Phi) is 3.77. The standard InChI is InChI=1S/C18H20F3N3O/c1-11-14-8-12(18(19,20)21)10-22-17(14)24-7-5-13(9-15(11)24)23-6-3-2-4-16(23)25/h8,10,13H,2-7,9H2,1H3. The van der Waals surface area contributed by atoms with E-state index in [0.29, 0.717) is 30.4 Å². The number of piperidine rings is 1. The highest BCUT2D eigenvalue weighted by Crippen LogP contribution is 2.35. The molecule has 1 fully saturated rings. The molecule has 0 spiro atoms. The van der Waals surface area contributed by atoms with Crippen molar-refractivity contribution < 1.29 is 18.0 Å². The van der Waals surface area contributed by atoms with Crippen molar-refractivity contribution >= 4 is 16.9 Å². The van der Waals surface area contributed by atoms with Gasteiger partial charge in [0.05, 0.1) is 5.56 Å². The van der Waals surface area contributed by atoms with Crippen LogP contribution in [-0.2, 0) is 23.9 Å². The van der Waals surface area contributed by atoms with Crippen molar-refractivity contribution in [3.8, 4) is 0 Å². The summed E-state index contributed by atoms with van der Waals surface area (Å²) in [6.07, 6.45) is 0.620. The first kappa shape index (κ1) is 16.4. The SMILES string of the molecule is Cc1c2n(c3ncc(C(F)(F)F)cc13)CCC(N1CCCCC1=O)C2. The van der Waals surface area contributed by atoms with Crippen molar-refractivity contribution in [3.63, 3.8) is 0 Å². The number of halogens is 3. The highest BCUT2D eigenvalue weighted by Gasteiger charge is 2.34. The van der Waals surface area contributed by atoms with Gasteiger partial charge in [-0.3, -0.25) is 4.79 Å². The zero-order chi connectivity index (χ0) is 17.8. The minimum Gasteiger partial charge on any atom is -0.339 e. The third-order valence-electron chi connectivity index (χ3n) is 5.53. The summed E-state index contributed by atoms with van der Waals surface area (Å²) in [5.41, 5.74) is 1.76. The van der Waals surface area contributed by atoms with Gasteiger partial charge in [0.2, 0.25) is 5.91 Å². The molecule has 4 rings (SSSR count). The maximum Gasteiger partial charge on any atom is 0.417 e. The number of aromatic nitrogens is 2. The summed E-state index contributed by atoms with van der Waals surface area (Å²) in [7, 11) is 0. The predicted molar refractivity (Wildman–Crippen MR) is 87.1 cm³/mol. The van der Waals surface area contributed by atoms with Crippen LogP contribution in [0.2, 0.25) is 0 Å². The molecule has 2 aromatic heterocycles. The monoisotopic (exact) mass is 351 g/mol. The van der Waals surface area contributed by atoms with Gasteiger partial charge < -0.3 is 9.47 Å². The molecule has 0 N–H and O–H groups in total. The molecule has 0 aliphatic carbocycles. The number of fused-ring (bicyclic) bond motifs is 3. The minimum absolute atomic E-state index is 0.144. The maximum atomic E-state index is 13.0. The lowest BCUT2D eigenvalue weighted by Gasteiger charge is -2.37. The normalized spacial score (nSPS) is 21.7. The smallest absolute Gasteiger partial charge is 0.339 e. The second kappa shape index (κ2) is 5.75. The van der Waals surface area contributed by atoms with E-state index in [9.17, 15) is 18.0 Å². The molecular formula is C18H20F3N3O. The van der Waals surface area contributed by atoms with E-state index in [4.69, 9.17) is 0 Å². The topological polar surface area (TPSA) is 38.1 Å². The third kappa shape index (κ3) is 2.69. The fourth-order valence-electron chi connectivity index (χ4n) is 4.18. The molecule has 7 heteroatoms. The van der Waals surface area contributed by atoms with Crippen molar-refractivity contribution in [1.29, 1.82) is 0 Å². The van der Waals surface area contributed by atoms with E-state index in [2.05, 4.69) is 4.98 Å². The van der Waals surface area contributed by atoms with Crippen molar-refractivity contribution in [1.82, 2.24) is 14.5 Å². The lowest BCUT2D eigenvalue weighted by atomic mass is 9.97. The van der Waals surface area contributed by atoms with Crippen LogP contribution in [0.5, 0.6) is 0 Å². The van der Waals surface area contributed by atoms with E-state index in [1.807, 2.05) is 16.4 Å². The van der Waals surface area contributed by atoms with Crippen molar-refractivity contribution in [3.05, 3.63) is 29.1 Å². The van der Waals surface area contributed by atoms with Crippen LogP contribution >= 0.6 is 0 Å². The average molecular weight is 351 g/mol. The lowest BCUT2D eigenvalue weighted by Crippen LogP contribution is -2.46. The predicted octanol–water partition coefficient (Wildman–Crippen LogP) is 3.69. The number of carbonyl (C=O) groups excluding carboxylic acids is 1. The highest BCUT2D eigenvalue weighted by atomic mass is 19.4. The van der Waals surface area contributed by atoms with E-state index in [-0.39, 0.29) is 11.9 Å². The Morgan fingerprint density at radius 2 is 2.04 bits per heavy atom. The molecule has 0 radical (unpaired) electrons. The number of aryl methyl sites for hydroxylation is 2. The molecule has 4 heterocycles. The molecule has 4 nitrogen and oxygen atoms in total. The first-order valence-electron chi connectivity index (χ1n) is 8.70. The Labute approximate surface area is 143 Å². The maximum absolute atomic E-state index is 13.0. The molecule has 0 saturated carbocycles. The summed E-state index contributed by atoms with van der Waals surface area (Å²) < 4.78 is 41.0. The number of alkyl halides is 3. The summed E-state index contributed by atoms with van der Waals surface area (Å²) >= 11 is 0. The molecule has 1 amide bonds. The van der Waals surface area contributed by atoms with Gasteiger partial charge in [0.1, 0.15) is 5.65 Å².